The number of nitro groups is 1. The van der Waals surface area contributed by atoms with E-state index >= 15 is 0 Å². The van der Waals surface area contributed by atoms with Crippen LogP contribution in [0.3, 0.4) is 0 Å². The highest BCUT2D eigenvalue weighted by molar-refractivity contribution is 7.89. The van der Waals surface area contributed by atoms with Crippen LogP contribution in [-0.4, -0.2) is 25.4 Å². The van der Waals surface area contributed by atoms with Crippen molar-refractivity contribution in [1.82, 2.24) is 4.72 Å². The number of nitrogens with zero attached hydrogens (tertiary/aromatic N) is 1. The Labute approximate surface area is 118 Å². The van der Waals surface area contributed by atoms with Crippen molar-refractivity contribution in [2.45, 2.75) is 38.1 Å². The smallest absolute Gasteiger partial charge is 0.270 e. The predicted molar refractivity (Wildman–Crippen MR) is 76.0 cm³/mol. The van der Waals surface area contributed by atoms with E-state index in [1.165, 1.54) is 26.0 Å². The maximum atomic E-state index is 12.4. The van der Waals surface area contributed by atoms with Gasteiger partial charge in [0.25, 0.3) is 5.69 Å². The van der Waals surface area contributed by atoms with Gasteiger partial charge in [0.1, 0.15) is 0 Å². The number of nitro benzene ring substituents is 1. The second kappa shape index (κ2) is 5.47. The Balaban J connectivity index is 3.37. The zero-order chi connectivity index (χ0) is 15.7. The lowest BCUT2D eigenvalue weighted by Gasteiger charge is -2.25. The van der Waals surface area contributed by atoms with E-state index in [1.807, 2.05) is 0 Å². The van der Waals surface area contributed by atoms with E-state index in [2.05, 4.69) is 4.72 Å². The fourth-order valence-corrected chi connectivity index (χ4v) is 3.79. The molecule has 7 nitrogen and oxygen atoms in total. The van der Waals surface area contributed by atoms with Gasteiger partial charge in [-0.25, -0.2) is 13.1 Å². The number of nitrogens with two attached hydrogens (primary N) is 1. The normalized spacial score (nSPS) is 12.4. The van der Waals surface area contributed by atoms with Crippen molar-refractivity contribution in [3.05, 3.63) is 33.4 Å². The molecule has 0 spiro atoms. The van der Waals surface area contributed by atoms with Gasteiger partial charge >= 0.3 is 0 Å². The van der Waals surface area contributed by atoms with Gasteiger partial charge in [-0.1, -0.05) is 0 Å². The van der Waals surface area contributed by atoms with Crippen LogP contribution in [0, 0.1) is 24.0 Å². The summed E-state index contributed by atoms with van der Waals surface area (Å²) in [6.07, 6.45) is 0. The summed E-state index contributed by atoms with van der Waals surface area (Å²) in [7, 11) is -3.79. The first kappa shape index (κ1) is 16.5. The summed E-state index contributed by atoms with van der Waals surface area (Å²) >= 11 is 0. The molecule has 0 atom stereocenters. The molecule has 1 aromatic rings. The number of aryl methyl sites for hydroxylation is 2. The second-order valence-corrected chi connectivity index (χ2v) is 6.98. The van der Waals surface area contributed by atoms with Crippen LogP contribution in [0.2, 0.25) is 0 Å². The lowest BCUT2D eigenvalue weighted by Crippen LogP contribution is -2.48. The quantitative estimate of drug-likeness (QED) is 0.627. The average molecular weight is 301 g/mol. The number of nitrogens with one attached hydrogen (secondary N) is 1. The number of benzene rings is 1. The van der Waals surface area contributed by atoms with Crippen molar-refractivity contribution < 1.29 is 13.3 Å². The average Bonchev–Trinajstić information content (AvgIpc) is 2.25. The maximum absolute atomic E-state index is 12.4. The van der Waals surface area contributed by atoms with E-state index in [0.717, 1.165) is 0 Å². The third kappa shape index (κ3) is 3.53. The first-order valence-electron chi connectivity index (χ1n) is 6.00. The number of rotatable bonds is 5. The molecule has 0 saturated heterocycles. The Morgan fingerprint density at radius 2 is 1.75 bits per heavy atom. The highest BCUT2D eigenvalue weighted by Gasteiger charge is 2.28. The van der Waals surface area contributed by atoms with E-state index in [9.17, 15) is 18.5 Å². The highest BCUT2D eigenvalue weighted by atomic mass is 32.2. The van der Waals surface area contributed by atoms with Crippen molar-refractivity contribution in [3.8, 4) is 0 Å². The molecule has 112 valence electrons. The third-order valence-corrected chi connectivity index (χ3v) is 4.85. The molecule has 0 fully saturated rings. The van der Waals surface area contributed by atoms with Crippen LogP contribution in [0.5, 0.6) is 0 Å². The highest BCUT2D eigenvalue weighted by Crippen LogP contribution is 2.26. The standard InChI is InChI=1S/C12H19N3O4S/c1-8-5-10(15(16)17)6-9(2)11(8)20(18,19)14-12(3,4)7-13/h5-6,14H,7,13H2,1-4H3. The van der Waals surface area contributed by atoms with E-state index in [0.29, 0.717) is 11.1 Å². The van der Waals surface area contributed by atoms with Crippen LogP contribution in [-0.2, 0) is 10.0 Å². The molecule has 3 N–H and O–H groups in total. The summed E-state index contributed by atoms with van der Waals surface area (Å²) in [5, 5.41) is 10.8. The molecule has 0 aliphatic rings. The number of sulfonamides is 1. The molecule has 0 aliphatic carbocycles. The van der Waals surface area contributed by atoms with E-state index < -0.39 is 20.5 Å². The summed E-state index contributed by atoms with van der Waals surface area (Å²) in [6, 6.07) is 2.49. The van der Waals surface area contributed by atoms with Gasteiger partial charge in [0.2, 0.25) is 10.0 Å². The molecule has 0 aromatic heterocycles. The fraction of sp³-hybridized carbons (Fsp3) is 0.500. The van der Waals surface area contributed by atoms with Gasteiger partial charge in [-0.15, -0.1) is 0 Å². The Kier molecular flexibility index (Phi) is 4.52. The van der Waals surface area contributed by atoms with Crippen LogP contribution in [0.25, 0.3) is 0 Å². The Bertz CT molecular complexity index is 615. The summed E-state index contributed by atoms with van der Waals surface area (Å²) < 4.78 is 27.3. The first-order chi connectivity index (χ1) is 9.00. The minimum absolute atomic E-state index is 0.0598. The van der Waals surface area contributed by atoms with E-state index in [4.69, 9.17) is 5.73 Å². The molecule has 0 aliphatic heterocycles. The molecule has 0 unspecified atom stereocenters. The Morgan fingerprint density at radius 1 is 1.30 bits per heavy atom. The van der Waals surface area contributed by atoms with Crippen molar-refractivity contribution >= 4 is 15.7 Å². The van der Waals surface area contributed by atoms with Crippen LogP contribution >= 0.6 is 0 Å². The Hall–Kier alpha value is -1.51. The monoisotopic (exact) mass is 301 g/mol. The second-order valence-electron chi connectivity index (χ2n) is 5.36. The van der Waals surface area contributed by atoms with Gasteiger partial charge in [0.05, 0.1) is 9.82 Å². The zero-order valence-corrected chi connectivity index (χ0v) is 12.7. The van der Waals surface area contributed by atoms with Crippen LogP contribution < -0.4 is 10.5 Å². The molecule has 1 rings (SSSR count). The van der Waals surface area contributed by atoms with Crippen molar-refractivity contribution in [2.75, 3.05) is 6.54 Å². The predicted octanol–water partition coefficient (Wildman–Crippen LogP) is 1.23. The molecule has 0 radical (unpaired) electrons. The van der Waals surface area contributed by atoms with Crippen LogP contribution in [0.15, 0.2) is 17.0 Å². The first-order valence-corrected chi connectivity index (χ1v) is 7.48. The van der Waals surface area contributed by atoms with Crippen molar-refractivity contribution in [3.63, 3.8) is 0 Å². The zero-order valence-electron chi connectivity index (χ0n) is 11.9. The topological polar surface area (TPSA) is 115 Å². The van der Waals surface area contributed by atoms with Crippen molar-refractivity contribution in [2.24, 2.45) is 5.73 Å². The molecule has 0 heterocycles. The molecule has 1 aromatic carbocycles. The molecular formula is C12H19N3O4S. The summed E-state index contributed by atoms with van der Waals surface area (Å²) in [4.78, 5) is 10.3. The molecular weight excluding hydrogens is 282 g/mol. The largest absolute Gasteiger partial charge is 0.329 e. The van der Waals surface area contributed by atoms with Gasteiger partial charge in [-0.05, 0) is 38.8 Å². The fourth-order valence-electron chi connectivity index (χ4n) is 1.91. The lowest BCUT2D eigenvalue weighted by molar-refractivity contribution is -0.385. The summed E-state index contributed by atoms with van der Waals surface area (Å²) in [6.45, 7) is 6.53. The molecule has 8 heteroatoms. The van der Waals surface area contributed by atoms with Crippen molar-refractivity contribution in [1.29, 1.82) is 0 Å². The summed E-state index contributed by atoms with van der Waals surface area (Å²) in [5.74, 6) is 0. The molecule has 0 amide bonds. The third-order valence-electron chi connectivity index (χ3n) is 2.85. The minimum Gasteiger partial charge on any atom is -0.329 e. The van der Waals surface area contributed by atoms with Gasteiger partial charge in [0, 0.05) is 24.2 Å². The van der Waals surface area contributed by atoms with E-state index in [-0.39, 0.29) is 17.1 Å². The van der Waals surface area contributed by atoms with E-state index in [1.54, 1.807) is 13.8 Å². The number of hydrogen-bond acceptors (Lipinski definition) is 5. The number of hydrogen-bond donors (Lipinski definition) is 2. The molecule has 20 heavy (non-hydrogen) atoms. The van der Waals surface area contributed by atoms with Gasteiger partial charge in [-0.3, -0.25) is 10.1 Å². The van der Waals surface area contributed by atoms with Gasteiger partial charge < -0.3 is 5.73 Å². The summed E-state index contributed by atoms with van der Waals surface area (Å²) in [5.41, 5.74) is 5.26. The maximum Gasteiger partial charge on any atom is 0.270 e. The van der Waals surface area contributed by atoms with Gasteiger partial charge in [-0.2, -0.15) is 0 Å². The molecule has 0 bridgehead atoms. The molecule has 0 saturated carbocycles. The van der Waals surface area contributed by atoms with Gasteiger partial charge in [0.15, 0.2) is 0 Å². The number of non-ortho nitro benzene ring substituents is 1. The Morgan fingerprint density at radius 3 is 2.10 bits per heavy atom. The lowest BCUT2D eigenvalue weighted by atomic mass is 10.1. The minimum atomic E-state index is -3.79. The van der Waals surface area contributed by atoms with Crippen LogP contribution in [0.4, 0.5) is 5.69 Å². The SMILES string of the molecule is Cc1cc([N+](=O)[O-])cc(C)c1S(=O)(=O)NC(C)(C)CN. The van der Waals surface area contributed by atoms with Crippen LogP contribution in [0.1, 0.15) is 25.0 Å².